The zero-order chi connectivity index (χ0) is 29.4. The molecule has 0 aliphatic heterocycles. The van der Waals surface area contributed by atoms with Gasteiger partial charge in [-0.05, 0) is 86.7 Å². The maximum Gasteiger partial charge on any atom is 0.264 e. The van der Waals surface area contributed by atoms with Gasteiger partial charge in [0.05, 0.1) is 10.6 Å². The summed E-state index contributed by atoms with van der Waals surface area (Å²) in [5.41, 5.74) is 3.06. The van der Waals surface area contributed by atoms with Crippen LogP contribution in [0.3, 0.4) is 0 Å². The number of rotatable bonds is 12. The first-order valence-electron chi connectivity index (χ1n) is 13.5. The van der Waals surface area contributed by atoms with Crippen LogP contribution < -0.4 is 9.62 Å². The van der Waals surface area contributed by atoms with Crippen LogP contribution in [0.15, 0.2) is 77.7 Å². The van der Waals surface area contributed by atoms with E-state index in [1.807, 2.05) is 40.7 Å². The average molecular weight is 584 g/mol. The molecule has 0 aliphatic carbocycles. The molecule has 0 unspecified atom stereocenters. The molecule has 0 aliphatic rings. The van der Waals surface area contributed by atoms with Gasteiger partial charge in [0.2, 0.25) is 11.8 Å². The highest BCUT2D eigenvalue weighted by Gasteiger charge is 2.34. The number of hydrogen-bond donors (Lipinski definition) is 1. The maximum absolute atomic E-state index is 14.1. The van der Waals surface area contributed by atoms with Gasteiger partial charge in [-0.2, -0.15) is 0 Å². The first-order chi connectivity index (χ1) is 19.0. The summed E-state index contributed by atoms with van der Waals surface area (Å²) in [6.07, 6.45) is 1.10. The molecule has 3 aromatic rings. The molecule has 0 aromatic heterocycles. The number of sulfonamides is 1. The Kier molecular flexibility index (Phi) is 10.8. The van der Waals surface area contributed by atoms with Crippen molar-refractivity contribution in [3.05, 3.63) is 94.5 Å². The number of anilines is 1. The topological polar surface area (TPSA) is 86.8 Å². The largest absolute Gasteiger partial charge is 0.352 e. The van der Waals surface area contributed by atoms with Gasteiger partial charge >= 0.3 is 0 Å². The summed E-state index contributed by atoms with van der Waals surface area (Å²) in [4.78, 5) is 29.0. The summed E-state index contributed by atoms with van der Waals surface area (Å²) >= 11 is 6.08. The second kappa shape index (κ2) is 13.8. The number of aryl methyl sites for hydroxylation is 2. The van der Waals surface area contributed by atoms with Crippen LogP contribution in [0, 0.1) is 13.8 Å². The van der Waals surface area contributed by atoms with E-state index in [0.29, 0.717) is 17.1 Å². The van der Waals surface area contributed by atoms with Crippen LogP contribution >= 0.6 is 11.6 Å². The summed E-state index contributed by atoms with van der Waals surface area (Å²) in [5, 5.41) is 3.53. The highest BCUT2D eigenvalue weighted by molar-refractivity contribution is 7.92. The number of carbonyl (C=O) groups excluding carboxylic acids is 2. The molecule has 0 saturated heterocycles. The molecule has 214 valence electrons. The number of carbonyl (C=O) groups is 2. The molecule has 0 radical (unpaired) electrons. The number of hydrogen-bond acceptors (Lipinski definition) is 4. The van der Waals surface area contributed by atoms with Gasteiger partial charge in [0.15, 0.2) is 0 Å². The molecule has 7 nitrogen and oxygen atoms in total. The quantitative estimate of drug-likeness (QED) is 0.289. The van der Waals surface area contributed by atoms with Gasteiger partial charge in [-0.1, -0.05) is 61.8 Å². The maximum atomic E-state index is 14.1. The third-order valence-corrected chi connectivity index (χ3v) is 9.08. The van der Waals surface area contributed by atoms with Crippen molar-refractivity contribution in [1.29, 1.82) is 0 Å². The summed E-state index contributed by atoms with van der Waals surface area (Å²) in [6, 6.07) is 19.5. The predicted octanol–water partition coefficient (Wildman–Crippen LogP) is 5.87. The monoisotopic (exact) mass is 583 g/mol. The van der Waals surface area contributed by atoms with Crippen molar-refractivity contribution in [3.8, 4) is 0 Å². The lowest BCUT2D eigenvalue weighted by atomic mass is 10.1. The Morgan fingerprint density at radius 1 is 0.900 bits per heavy atom. The molecule has 3 rings (SSSR count). The van der Waals surface area contributed by atoms with Gasteiger partial charge in [0.25, 0.3) is 10.0 Å². The molecule has 0 spiro atoms. The standard InChI is InChI=1S/C31H38ClN3O4S/c1-6-24(5)33-31(37)29(7-2)34(20-25-14-16-26(32)17-15-25)30(36)21-35(27-18-13-22(3)23(4)19-27)40(38,39)28-11-9-8-10-12-28/h8-19,24,29H,6-7,20-21H2,1-5H3,(H,33,37)/t24-,29+/m0/s1. The van der Waals surface area contributed by atoms with Crippen molar-refractivity contribution in [3.63, 3.8) is 0 Å². The van der Waals surface area contributed by atoms with E-state index in [1.165, 1.54) is 17.0 Å². The van der Waals surface area contributed by atoms with E-state index in [-0.39, 0.29) is 23.4 Å². The SMILES string of the molecule is CC[C@H](C(=O)N[C@@H](C)CC)N(Cc1ccc(Cl)cc1)C(=O)CN(c1ccc(C)c(C)c1)S(=O)(=O)c1ccccc1. The number of benzene rings is 3. The average Bonchev–Trinajstić information content (AvgIpc) is 2.94. The summed E-state index contributed by atoms with van der Waals surface area (Å²) in [7, 11) is -4.10. The van der Waals surface area contributed by atoms with Crippen LogP contribution in [0.2, 0.25) is 5.02 Å². The Balaban J connectivity index is 2.06. The van der Waals surface area contributed by atoms with E-state index in [1.54, 1.807) is 54.6 Å². The minimum absolute atomic E-state index is 0.0699. The van der Waals surface area contributed by atoms with E-state index in [9.17, 15) is 18.0 Å². The molecule has 2 amide bonds. The molecular formula is C31H38ClN3O4S. The van der Waals surface area contributed by atoms with Crippen molar-refractivity contribution in [1.82, 2.24) is 10.2 Å². The number of amides is 2. The van der Waals surface area contributed by atoms with Crippen LogP contribution in [-0.4, -0.2) is 43.8 Å². The predicted molar refractivity (Wildman–Crippen MR) is 161 cm³/mol. The fourth-order valence-electron chi connectivity index (χ4n) is 4.28. The van der Waals surface area contributed by atoms with E-state index >= 15 is 0 Å². The Labute approximate surface area is 243 Å². The highest BCUT2D eigenvalue weighted by atomic mass is 35.5. The summed E-state index contributed by atoms with van der Waals surface area (Å²) in [5.74, 6) is -0.762. The normalized spacial score (nSPS) is 12.8. The highest BCUT2D eigenvalue weighted by Crippen LogP contribution is 2.27. The molecule has 0 fully saturated rings. The van der Waals surface area contributed by atoms with Crippen LogP contribution in [0.1, 0.15) is 50.3 Å². The Hall–Kier alpha value is -3.36. The van der Waals surface area contributed by atoms with Crippen LogP contribution in [0.25, 0.3) is 0 Å². The molecule has 1 N–H and O–H groups in total. The molecule has 9 heteroatoms. The van der Waals surface area contributed by atoms with Crippen LogP contribution in [-0.2, 0) is 26.2 Å². The Bertz CT molecular complexity index is 1410. The van der Waals surface area contributed by atoms with E-state index in [4.69, 9.17) is 11.6 Å². The molecule has 40 heavy (non-hydrogen) atoms. The van der Waals surface area contributed by atoms with Gasteiger partial charge in [-0.3, -0.25) is 13.9 Å². The van der Waals surface area contributed by atoms with E-state index < -0.39 is 28.5 Å². The minimum atomic E-state index is -4.10. The molecule has 2 atom stereocenters. The third kappa shape index (κ3) is 7.64. The molecule has 0 heterocycles. The van der Waals surface area contributed by atoms with Gasteiger partial charge in [0.1, 0.15) is 12.6 Å². The van der Waals surface area contributed by atoms with Crippen LogP contribution in [0.5, 0.6) is 0 Å². The van der Waals surface area contributed by atoms with Crippen molar-refractivity contribution in [2.75, 3.05) is 10.8 Å². The second-order valence-electron chi connectivity index (χ2n) is 9.98. The molecule has 0 bridgehead atoms. The third-order valence-electron chi connectivity index (χ3n) is 7.04. The van der Waals surface area contributed by atoms with Gasteiger partial charge in [-0.15, -0.1) is 0 Å². The van der Waals surface area contributed by atoms with Gasteiger partial charge in [0, 0.05) is 17.6 Å². The van der Waals surface area contributed by atoms with E-state index in [0.717, 1.165) is 27.4 Å². The number of nitrogens with one attached hydrogen (secondary N) is 1. The lowest BCUT2D eigenvalue weighted by molar-refractivity contribution is -0.140. The van der Waals surface area contributed by atoms with Crippen molar-refractivity contribution >= 4 is 39.1 Å². The Morgan fingerprint density at radius 3 is 2.12 bits per heavy atom. The fourth-order valence-corrected chi connectivity index (χ4v) is 5.83. The fraction of sp³-hybridized carbons (Fsp3) is 0.355. The number of nitrogens with zero attached hydrogens (tertiary/aromatic N) is 2. The molecule has 0 saturated carbocycles. The zero-order valence-corrected chi connectivity index (χ0v) is 25.3. The van der Waals surface area contributed by atoms with E-state index in [2.05, 4.69) is 5.32 Å². The number of halogens is 1. The molecule has 3 aromatic carbocycles. The van der Waals surface area contributed by atoms with Gasteiger partial charge < -0.3 is 10.2 Å². The smallest absolute Gasteiger partial charge is 0.264 e. The van der Waals surface area contributed by atoms with Crippen molar-refractivity contribution in [2.45, 2.75) is 71.0 Å². The zero-order valence-electron chi connectivity index (χ0n) is 23.7. The second-order valence-corrected chi connectivity index (χ2v) is 12.3. The first-order valence-corrected chi connectivity index (χ1v) is 15.3. The first kappa shape index (κ1) is 31.2. The Morgan fingerprint density at radius 2 is 1.55 bits per heavy atom. The van der Waals surface area contributed by atoms with Gasteiger partial charge in [-0.25, -0.2) is 8.42 Å². The summed E-state index contributed by atoms with van der Waals surface area (Å²) < 4.78 is 28.9. The van der Waals surface area contributed by atoms with Crippen molar-refractivity contribution in [2.24, 2.45) is 0 Å². The van der Waals surface area contributed by atoms with Crippen LogP contribution in [0.4, 0.5) is 5.69 Å². The molecular weight excluding hydrogens is 546 g/mol. The lowest BCUT2D eigenvalue weighted by Gasteiger charge is -2.34. The minimum Gasteiger partial charge on any atom is -0.352 e. The van der Waals surface area contributed by atoms with Crippen molar-refractivity contribution < 1.29 is 18.0 Å². The summed E-state index contributed by atoms with van der Waals surface area (Å²) in [6.45, 7) is 9.20. The lowest BCUT2D eigenvalue weighted by Crippen LogP contribution is -2.53.